The first-order valence-corrected chi connectivity index (χ1v) is 9.31. The molecule has 0 aliphatic carbocycles. The van der Waals surface area contributed by atoms with Crippen LogP contribution in [0.25, 0.3) is 0 Å². The maximum Gasteiger partial charge on any atom is 0.434 e. The van der Waals surface area contributed by atoms with Gasteiger partial charge in [-0.3, -0.25) is 0 Å². The molecule has 0 heterocycles. The van der Waals surface area contributed by atoms with E-state index in [4.69, 9.17) is 14.2 Å². The minimum atomic E-state index is -0.939. The number of rotatable bonds is 8. The van der Waals surface area contributed by atoms with E-state index in [1.54, 1.807) is 19.1 Å². The van der Waals surface area contributed by atoms with Crippen LogP contribution in [0.15, 0.2) is 58.9 Å². The average molecular weight is 443 g/mol. The largest absolute Gasteiger partial charge is 0.465 e. The first kappa shape index (κ1) is 24.0. The molecule has 0 saturated heterocycles. The molecule has 0 aliphatic heterocycles. The maximum absolute atomic E-state index is 12.2. The number of nitrogens with zero attached hydrogens (tertiary/aromatic N) is 3. The SMILES string of the molecule is CCOC(=O)c1ccc(N=NN(C)C(=O)OCOC(=O)c2ccccc2C(=O)OC)cc1. The Labute approximate surface area is 183 Å². The summed E-state index contributed by atoms with van der Waals surface area (Å²) in [5.41, 5.74) is 0.721. The topological polar surface area (TPSA) is 133 Å². The second-order valence-corrected chi connectivity index (χ2v) is 5.98. The van der Waals surface area contributed by atoms with Crippen molar-refractivity contribution in [3.63, 3.8) is 0 Å². The predicted molar refractivity (Wildman–Crippen MR) is 109 cm³/mol. The molecular formula is C21H21N3O8. The fourth-order valence-corrected chi connectivity index (χ4v) is 2.29. The van der Waals surface area contributed by atoms with Crippen LogP contribution in [-0.2, 0) is 18.9 Å². The molecular weight excluding hydrogens is 422 g/mol. The molecule has 0 radical (unpaired) electrons. The van der Waals surface area contributed by atoms with Gasteiger partial charge in [0.05, 0.1) is 36.1 Å². The van der Waals surface area contributed by atoms with E-state index >= 15 is 0 Å². The molecule has 11 nitrogen and oxygen atoms in total. The molecule has 32 heavy (non-hydrogen) atoms. The van der Waals surface area contributed by atoms with Gasteiger partial charge >= 0.3 is 24.0 Å². The number of hydrogen-bond donors (Lipinski definition) is 0. The van der Waals surface area contributed by atoms with Gasteiger partial charge in [-0.15, -0.1) is 5.11 Å². The third-order valence-electron chi connectivity index (χ3n) is 3.86. The van der Waals surface area contributed by atoms with Crippen LogP contribution in [0.2, 0.25) is 0 Å². The molecule has 0 bridgehead atoms. The van der Waals surface area contributed by atoms with Crippen LogP contribution in [0.1, 0.15) is 38.0 Å². The zero-order valence-electron chi connectivity index (χ0n) is 17.6. The van der Waals surface area contributed by atoms with Gasteiger partial charge in [-0.1, -0.05) is 17.4 Å². The number of carbonyl (C=O) groups is 4. The van der Waals surface area contributed by atoms with Crippen LogP contribution in [-0.4, -0.2) is 56.6 Å². The van der Waals surface area contributed by atoms with Crippen molar-refractivity contribution >= 4 is 29.7 Å². The van der Waals surface area contributed by atoms with Crippen molar-refractivity contribution in [2.24, 2.45) is 10.3 Å². The van der Waals surface area contributed by atoms with E-state index in [-0.39, 0.29) is 17.7 Å². The van der Waals surface area contributed by atoms with Gasteiger partial charge in [-0.2, -0.15) is 5.01 Å². The maximum atomic E-state index is 12.2. The molecule has 0 aliphatic rings. The Kier molecular flexibility index (Phi) is 8.84. The van der Waals surface area contributed by atoms with Crippen LogP contribution in [0.4, 0.5) is 10.5 Å². The highest BCUT2D eigenvalue weighted by Crippen LogP contribution is 2.15. The minimum Gasteiger partial charge on any atom is -0.465 e. The monoisotopic (exact) mass is 443 g/mol. The normalized spacial score (nSPS) is 10.3. The molecule has 0 unspecified atom stereocenters. The van der Waals surface area contributed by atoms with Gasteiger partial charge in [-0.25, -0.2) is 19.2 Å². The van der Waals surface area contributed by atoms with Crippen LogP contribution >= 0.6 is 0 Å². The Balaban J connectivity index is 1.86. The summed E-state index contributed by atoms with van der Waals surface area (Å²) >= 11 is 0. The molecule has 0 aromatic heterocycles. The zero-order valence-corrected chi connectivity index (χ0v) is 17.6. The zero-order chi connectivity index (χ0) is 23.5. The average Bonchev–Trinajstić information content (AvgIpc) is 2.82. The lowest BCUT2D eigenvalue weighted by Crippen LogP contribution is -2.24. The first-order chi connectivity index (χ1) is 15.4. The second-order valence-electron chi connectivity index (χ2n) is 5.98. The molecule has 2 aromatic rings. The van der Waals surface area contributed by atoms with Gasteiger partial charge in [0.15, 0.2) is 0 Å². The van der Waals surface area contributed by atoms with E-state index in [9.17, 15) is 19.2 Å². The van der Waals surface area contributed by atoms with E-state index in [0.29, 0.717) is 11.3 Å². The molecule has 0 saturated carbocycles. The van der Waals surface area contributed by atoms with Crippen molar-refractivity contribution in [1.29, 1.82) is 0 Å². The number of carbonyl (C=O) groups excluding carboxylic acids is 4. The molecule has 2 rings (SSSR count). The Morgan fingerprint density at radius 1 is 0.844 bits per heavy atom. The van der Waals surface area contributed by atoms with Gasteiger partial charge in [0.1, 0.15) is 0 Å². The summed E-state index contributed by atoms with van der Waals surface area (Å²) in [7, 11) is 2.47. The highest BCUT2D eigenvalue weighted by atomic mass is 16.7. The van der Waals surface area contributed by atoms with Crippen LogP contribution in [0.5, 0.6) is 0 Å². The lowest BCUT2D eigenvalue weighted by atomic mass is 10.1. The highest BCUT2D eigenvalue weighted by molar-refractivity contribution is 6.03. The summed E-state index contributed by atoms with van der Waals surface area (Å²) in [5.74, 6) is -2.03. The molecule has 0 fully saturated rings. The van der Waals surface area contributed by atoms with E-state index in [2.05, 4.69) is 15.1 Å². The molecule has 0 atom stereocenters. The fraction of sp³-hybridized carbons (Fsp3) is 0.238. The van der Waals surface area contributed by atoms with E-state index in [0.717, 1.165) is 5.01 Å². The van der Waals surface area contributed by atoms with Crippen molar-refractivity contribution in [3.8, 4) is 0 Å². The number of amides is 1. The Hall–Kier alpha value is -4.28. The number of methoxy groups -OCH3 is 1. The summed E-state index contributed by atoms with van der Waals surface area (Å²) < 4.78 is 19.2. The van der Waals surface area contributed by atoms with Crippen molar-refractivity contribution in [2.45, 2.75) is 6.92 Å². The molecule has 11 heteroatoms. The predicted octanol–water partition coefficient (Wildman–Crippen LogP) is 3.53. The highest BCUT2D eigenvalue weighted by Gasteiger charge is 2.19. The van der Waals surface area contributed by atoms with Crippen molar-refractivity contribution in [2.75, 3.05) is 27.6 Å². The van der Waals surface area contributed by atoms with E-state index < -0.39 is 30.8 Å². The van der Waals surface area contributed by atoms with Crippen LogP contribution < -0.4 is 0 Å². The summed E-state index contributed by atoms with van der Waals surface area (Å²) in [6, 6.07) is 12.0. The minimum absolute atomic E-state index is 0.0196. The Morgan fingerprint density at radius 2 is 1.47 bits per heavy atom. The second kappa shape index (κ2) is 11.8. The van der Waals surface area contributed by atoms with Gasteiger partial charge in [0.2, 0.25) is 6.79 Å². The summed E-state index contributed by atoms with van der Waals surface area (Å²) in [6.07, 6.45) is -0.939. The van der Waals surface area contributed by atoms with Crippen molar-refractivity contribution < 1.29 is 38.1 Å². The Morgan fingerprint density at radius 3 is 2.06 bits per heavy atom. The quantitative estimate of drug-likeness (QED) is 0.199. The smallest absolute Gasteiger partial charge is 0.434 e. The lowest BCUT2D eigenvalue weighted by Gasteiger charge is -2.11. The van der Waals surface area contributed by atoms with E-state index in [1.807, 2.05) is 0 Å². The molecule has 1 amide bonds. The Bertz CT molecular complexity index is 1000. The molecule has 0 spiro atoms. The van der Waals surface area contributed by atoms with E-state index in [1.165, 1.54) is 50.6 Å². The van der Waals surface area contributed by atoms with Gasteiger partial charge < -0.3 is 18.9 Å². The van der Waals surface area contributed by atoms with Crippen LogP contribution in [0, 0.1) is 0 Å². The molecule has 2 aromatic carbocycles. The van der Waals surface area contributed by atoms with Gasteiger partial charge in [0.25, 0.3) is 0 Å². The summed E-state index contributed by atoms with van der Waals surface area (Å²) in [5, 5.41) is 8.31. The third kappa shape index (κ3) is 6.62. The van der Waals surface area contributed by atoms with Crippen molar-refractivity contribution in [3.05, 3.63) is 65.2 Å². The van der Waals surface area contributed by atoms with Crippen molar-refractivity contribution in [1.82, 2.24) is 5.01 Å². The number of benzene rings is 2. The number of hydrogen-bond acceptors (Lipinski definition) is 10. The van der Waals surface area contributed by atoms with Gasteiger partial charge in [-0.05, 0) is 43.3 Å². The van der Waals surface area contributed by atoms with Gasteiger partial charge in [0, 0.05) is 7.05 Å². The lowest BCUT2D eigenvalue weighted by molar-refractivity contribution is -0.0109. The fourth-order valence-electron chi connectivity index (χ4n) is 2.29. The number of esters is 3. The van der Waals surface area contributed by atoms with Crippen LogP contribution in [0.3, 0.4) is 0 Å². The summed E-state index contributed by atoms with van der Waals surface area (Å²) in [4.78, 5) is 47.4. The summed E-state index contributed by atoms with van der Waals surface area (Å²) in [6.45, 7) is 1.26. The molecule has 168 valence electrons. The molecule has 0 N–H and O–H groups in total. The first-order valence-electron chi connectivity index (χ1n) is 9.31. The standard InChI is InChI=1S/C21H21N3O8/c1-4-30-18(25)14-9-11-15(12-10-14)22-23-24(2)21(28)32-13-31-20(27)17-8-6-5-7-16(17)19(26)29-3/h5-12H,4,13H2,1-3H3. The number of ether oxygens (including phenoxy) is 4. The third-order valence-corrected chi connectivity index (χ3v) is 3.86.